The molecule has 2 fully saturated rings. The predicted octanol–water partition coefficient (Wildman–Crippen LogP) is 1.71. The van der Waals surface area contributed by atoms with Crippen molar-refractivity contribution in [2.45, 2.75) is 31.7 Å². The fourth-order valence-corrected chi connectivity index (χ4v) is 3.18. The first-order valence-corrected chi connectivity index (χ1v) is 6.02. The van der Waals surface area contributed by atoms with Crippen molar-refractivity contribution in [3.8, 4) is 0 Å². The zero-order chi connectivity index (χ0) is 11.1. The van der Waals surface area contributed by atoms with Crippen LogP contribution < -0.4 is 11.1 Å². The number of anilines is 2. The van der Waals surface area contributed by atoms with Crippen molar-refractivity contribution in [2.24, 2.45) is 11.8 Å². The summed E-state index contributed by atoms with van der Waals surface area (Å²) < 4.78 is 0. The lowest BCUT2D eigenvalue weighted by Crippen LogP contribution is -2.27. The molecule has 2 bridgehead atoms. The average Bonchev–Trinajstić information content (AvgIpc) is 2.77. The van der Waals surface area contributed by atoms with E-state index >= 15 is 0 Å². The van der Waals surface area contributed by atoms with Crippen molar-refractivity contribution in [3.63, 3.8) is 0 Å². The third kappa shape index (κ3) is 1.80. The number of aromatic nitrogens is 3. The van der Waals surface area contributed by atoms with Gasteiger partial charge in [-0.3, -0.25) is 0 Å². The van der Waals surface area contributed by atoms with Crippen LogP contribution in [-0.2, 0) is 0 Å². The van der Waals surface area contributed by atoms with Crippen LogP contribution in [0, 0.1) is 11.8 Å². The van der Waals surface area contributed by atoms with Gasteiger partial charge in [-0.15, -0.1) is 0 Å². The van der Waals surface area contributed by atoms with E-state index in [9.17, 15) is 0 Å². The van der Waals surface area contributed by atoms with Crippen LogP contribution in [0.1, 0.15) is 25.7 Å². The number of hydrogen-bond donors (Lipinski definition) is 2. The number of fused-ring (bicyclic) bond motifs is 2. The molecule has 1 heterocycles. The molecule has 1 aromatic rings. The van der Waals surface area contributed by atoms with Gasteiger partial charge in [-0.25, -0.2) is 0 Å². The molecule has 16 heavy (non-hydrogen) atoms. The van der Waals surface area contributed by atoms with Crippen molar-refractivity contribution in [3.05, 3.63) is 5.28 Å². The molecule has 2 aliphatic carbocycles. The molecule has 3 rings (SSSR count). The Hall–Kier alpha value is -1.10. The zero-order valence-electron chi connectivity index (χ0n) is 8.86. The highest BCUT2D eigenvalue weighted by atomic mass is 35.5. The van der Waals surface area contributed by atoms with Gasteiger partial charge in [0.05, 0.1) is 0 Å². The molecule has 3 atom stereocenters. The maximum Gasteiger partial charge on any atom is 0.229 e. The highest BCUT2D eigenvalue weighted by Crippen LogP contribution is 2.45. The van der Waals surface area contributed by atoms with Gasteiger partial charge in [0.25, 0.3) is 0 Å². The summed E-state index contributed by atoms with van der Waals surface area (Å²) >= 11 is 5.73. The van der Waals surface area contributed by atoms with Crippen molar-refractivity contribution in [2.75, 3.05) is 11.1 Å². The minimum Gasteiger partial charge on any atom is -0.368 e. The molecule has 5 nitrogen and oxygen atoms in total. The van der Waals surface area contributed by atoms with Crippen molar-refractivity contribution in [1.29, 1.82) is 0 Å². The van der Waals surface area contributed by atoms with Crippen molar-refractivity contribution < 1.29 is 0 Å². The molecule has 0 aromatic carbocycles. The Morgan fingerprint density at radius 1 is 1.19 bits per heavy atom. The predicted molar refractivity (Wildman–Crippen MR) is 62.1 cm³/mol. The lowest BCUT2D eigenvalue weighted by Gasteiger charge is -2.22. The van der Waals surface area contributed by atoms with Gasteiger partial charge in [0, 0.05) is 6.04 Å². The Morgan fingerprint density at radius 2 is 2.06 bits per heavy atom. The maximum absolute atomic E-state index is 5.73. The average molecular weight is 240 g/mol. The number of nitrogen functional groups attached to an aromatic ring is 1. The molecule has 0 aliphatic heterocycles. The number of hydrogen-bond acceptors (Lipinski definition) is 5. The summed E-state index contributed by atoms with van der Waals surface area (Å²) in [6.07, 6.45) is 5.25. The van der Waals surface area contributed by atoms with Crippen LogP contribution in [-0.4, -0.2) is 21.0 Å². The Kier molecular flexibility index (Phi) is 2.35. The monoisotopic (exact) mass is 239 g/mol. The van der Waals surface area contributed by atoms with Crippen molar-refractivity contribution >= 4 is 23.5 Å². The fraction of sp³-hybridized carbons (Fsp3) is 0.700. The van der Waals surface area contributed by atoms with E-state index in [1.807, 2.05) is 0 Å². The van der Waals surface area contributed by atoms with Gasteiger partial charge < -0.3 is 11.1 Å². The van der Waals surface area contributed by atoms with Crippen LogP contribution >= 0.6 is 11.6 Å². The van der Waals surface area contributed by atoms with E-state index in [4.69, 9.17) is 17.3 Å². The summed E-state index contributed by atoms with van der Waals surface area (Å²) in [5.74, 6) is 2.33. The van der Waals surface area contributed by atoms with Gasteiger partial charge in [-0.1, -0.05) is 6.42 Å². The SMILES string of the molecule is Nc1nc(Cl)nc(NC2CC3CCC2C3)n1. The highest BCUT2D eigenvalue weighted by molar-refractivity contribution is 6.28. The lowest BCUT2D eigenvalue weighted by atomic mass is 9.95. The Morgan fingerprint density at radius 3 is 2.69 bits per heavy atom. The number of rotatable bonds is 2. The minimum absolute atomic E-state index is 0.151. The minimum atomic E-state index is 0.151. The third-order valence-corrected chi connectivity index (χ3v) is 3.85. The molecule has 6 heteroatoms. The van der Waals surface area contributed by atoms with Gasteiger partial charge in [0.15, 0.2) is 0 Å². The molecule has 86 valence electrons. The summed E-state index contributed by atoms with van der Waals surface area (Å²) in [4.78, 5) is 11.8. The van der Waals surface area contributed by atoms with Crippen LogP contribution in [0.15, 0.2) is 0 Å². The Bertz CT molecular complexity index is 390. The van der Waals surface area contributed by atoms with Crippen LogP contribution in [0.5, 0.6) is 0 Å². The molecule has 0 amide bonds. The van der Waals surface area contributed by atoms with E-state index in [1.54, 1.807) is 0 Å². The quantitative estimate of drug-likeness (QED) is 0.822. The van der Waals surface area contributed by atoms with Gasteiger partial charge >= 0.3 is 0 Å². The van der Waals surface area contributed by atoms with E-state index in [2.05, 4.69) is 20.3 Å². The smallest absolute Gasteiger partial charge is 0.229 e. The highest BCUT2D eigenvalue weighted by Gasteiger charge is 2.39. The van der Waals surface area contributed by atoms with Crippen LogP contribution in [0.25, 0.3) is 0 Å². The number of nitrogens with one attached hydrogen (secondary N) is 1. The summed E-state index contributed by atoms with van der Waals surface area (Å²) in [5.41, 5.74) is 5.52. The third-order valence-electron chi connectivity index (χ3n) is 3.68. The Labute approximate surface area is 98.8 Å². The maximum atomic E-state index is 5.73. The van der Waals surface area contributed by atoms with E-state index in [1.165, 1.54) is 25.7 Å². The molecular weight excluding hydrogens is 226 g/mol. The van der Waals surface area contributed by atoms with Crippen molar-refractivity contribution in [1.82, 2.24) is 15.0 Å². The van der Waals surface area contributed by atoms with E-state index in [0.29, 0.717) is 12.0 Å². The van der Waals surface area contributed by atoms with Gasteiger partial charge in [-0.2, -0.15) is 15.0 Å². The van der Waals surface area contributed by atoms with Crippen LogP contribution in [0.4, 0.5) is 11.9 Å². The second-order valence-corrected chi connectivity index (χ2v) is 5.05. The first-order chi connectivity index (χ1) is 7.70. The topological polar surface area (TPSA) is 76.7 Å². The molecule has 1 aromatic heterocycles. The summed E-state index contributed by atoms with van der Waals surface area (Å²) in [5, 5.41) is 3.48. The molecule has 2 saturated carbocycles. The molecule has 0 spiro atoms. The molecule has 0 saturated heterocycles. The number of nitrogens with two attached hydrogens (primary N) is 1. The molecular formula is C10H14ClN5. The normalized spacial score (nSPS) is 31.9. The standard InChI is InChI=1S/C10H14ClN5/c11-8-14-9(12)16-10(15-8)13-7-4-5-1-2-6(7)3-5/h5-7H,1-4H2,(H3,12,13,14,15,16). The second kappa shape index (κ2) is 3.73. The lowest BCUT2D eigenvalue weighted by molar-refractivity contribution is 0.438. The van der Waals surface area contributed by atoms with Crippen LogP contribution in [0.3, 0.4) is 0 Å². The van der Waals surface area contributed by atoms with E-state index in [-0.39, 0.29) is 11.2 Å². The first-order valence-electron chi connectivity index (χ1n) is 5.64. The van der Waals surface area contributed by atoms with E-state index in [0.717, 1.165) is 11.8 Å². The van der Waals surface area contributed by atoms with Gasteiger partial charge in [0.1, 0.15) is 0 Å². The Balaban J connectivity index is 1.74. The molecule has 3 N–H and O–H groups in total. The number of halogens is 1. The molecule has 2 aliphatic rings. The van der Waals surface area contributed by atoms with E-state index < -0.39 is 0 Å². The van der Waals surface area contributed by atoms with Gasteiger partial charge in [0.2, 0.25) is 17.2 Å². The molecule has 0 radical (unpaired) electrons. The van der Waals surface area contributed by atoms with Gasteiger partial charge in [-0.05, 0) is 42.7 Å². The first kappa shape index (κ1) is 10.1. The summed E-state index contributed by atoms with van der Waals surface area (Å²) in [6, 6.07) is 0.483. The number of nitrogens with zero attached hydrogens (tertiary/aromatic N) is 3. The summed E-state index contributed by atoms with van der Waals surface area (Å²) in [7, 11) is 0. The zero-order valence-corrected chi connectivity index (χ0v) is 9.61. The molecule has 3 unspecified atom stereocenters. The van der Waals surface area contributed by atoms with Crippen LogP contribution in [0.2, 0.25) is 5.28 Å². The fourth-order valence-electron chi connectivity index (χ4n) is 3.02. The second-order valence-electron chi connectivity index (χ2n) is 4.71. The largest absolute Gasteiger partial charge is 0.368 e. The summed E-state index contributed by atoms with van der Waals surface area (Å²) in [6.45, 7) is 0.